The van der Waals surface area contributed by atoms with Crippen molar-refractivity contribution in [2.75, 3.05) is 25.6 Å². The van der Waals surface area contributed by atoms with Gasteiger partial charge in [-0.05, 0) is 12.1 Å². The molecule has 0 amide bonds. The number of rotatable bonds is 1. The van der Waals surface area contributed by atoms with Crippen LogP contribution in [0.2, 0.25) is 0 Å². The molecule has 1 aliphatic rings. The second kappa shape index (κ2) is 2.75. The zero-order chi connectivity index (χ0) is 8.55. The van der Waals surface area contributed by atoms with Crippen molar-refractivity contribution in [2.45, 2.75) is 6.42 Å². The summed E-state index contributed by atoms with van der Waals surface area (Å²) >= 11 is 0. The maximum absolute atomic E-state index is 4.32. The lowest BCUT2D eigenvalue weighted by molar-refractivity contribution is 0.381. The molecule has 1 aromatic rings. The normalized spacial score (nSPS) is 15.4. The molecule has 0 spiro atoms. The molecule has 0 saturated heterocycles. The minimum atomic E-state index is 1.05. The van der Waals surface area contributed by atoms with Crippen LogP contribution in [0.4, 0.5) is 5.69 Å². The first-order valence-corrected chi connectivity index (χ1v) is 4.17. The van der Waals surface area contributed by atoms with Crippen LogP contribution in [0.5, 0.6) is 0 Å². The van der Waals surface area contributed by atoms with E-state index >= 15 is 0 Å². The summed E-state index contributed by atoms with van der Waals surface area (Å²) in [6.45, 7) is 1.05. The number of pyridine rings is 1. The summed E-state index contributed by atoms with van der Waals surface area (Å²) in [5, 5.41) is 4.34. The van der Waals surface area contributed by atoms with Gasteiger partial charge >= 0.3 is 0 Å². The van der Waals surface area contributed by atoms with E-state index in [0.717, 1.165) is 13.0 Å². The van der Waals surface area contributed by atoms with Gasteiger partial charge in [0.2, 0.25) is 0 Å². The average molecular weight is 163 g/mol. The van der Waals surface area contributed by atoms with Crippen molar-refractivity contribution in [3.8, 4) is 0 Å². The fraction of sp³-hybridized carbons (Fsp3) is 0.444. The molecule has 0 saturated carbocycles. The van der Waals surface area contributed by atoms with Gasteiger partial charge in [-0.1, -0.05) is 0 Å². The van der Waals surface area contributed by atoms with Crippen molar-refractivity contribution in [3.63, 3.8) is 0 Å². The van der Waals surface area contributed by atoms with E-state index in [0.29, 0.717) is 0 Å². The van der Waals surface area contributed by atoms with Crippen molar-refractivity contribution in [3.05, 3.63) is 24.0 Å². The Hall–Kier alpha value is -1.09. The minimum absolute atomic E-state index is 1.05. The molecule has 0 aliphatic carbocycles. The summed E-state index contributed by atoms with van der Waals surface area (Å²) in [5.74, 6) is 0. The maximum atomic E-state index is 4.32. The van der Waals surface area contributed by atoms with Gasteiger partial charge in [-0.15, -0.1) is 0 Å². The highest BCUT2D eigenvalue weighted by Crippen LogP contribution is 2.25. The molecule has 1 aliphatic heterocycles. The summed E-state index contributed by atoms with van der Waals surface area (Å²) in [6.07, 6.45) is 2.92. The summed E-state index contributed by atoms with van der Waals surface area (Å²) in [5.41, 5.74) is 2.47. The van der Waals surface area contributed by atoms with Crippen molar-refractivity contribution in [1.82, 2.24) is 9.99 Å². The molecule has 0 bridgehead atoms. The van der Waals surface area contributed by atoms with Crippen molar-refractivity contribution >= 4 is 5.69 Å². The Labute approximate surface area is 72.6 Å². The van der Waals surface area contributed by atoms with Gasteiger partial charge in [0.25, 0.3) is 0 Å². The Kier molecular flexibility index (Phi) is 1.73. The first-order valence-electron chi connectivity index (χ1n) is 4.17. The monoisotopic (exact) mass is 163 g/mol. The van der Waals surface area contributed by atoms with Crippen LogP contribution >= 0.6 is 0 Å². The second-order valence-corrected chi connectivity index (χ2v) is 3.19. The van der Waals surface area contributed by atoms with Gasteiger partial charge in [0, 0.05) is 33.3 Å². The van der Waals surface area contributed by atoms with Gasteiger partial charge in [-0.2, -0.15) is 0 Å². The van der Waals surface area contributed by atoms with Gasteiger partial charge in [-0.3, -0.25) is 4.98 Å². The number of hydrogen-bond donors (Lipinski definition) is 0. The molecular weight excluding hydrogens is 150 g/mol. The smallest absolute Gasteiger partial charge is 0.0738 e. The predicted octanol–water partition coefficient (Wildman–Crippen LogP) is 0.921. The standard InChI is InChI=1S/C9H13N3/c1-11(2)12-7-5-8-9(12)4-3-6-10-8/h3-4,6H,5,7H2,1-2H3. The van der Waals surface area contributed by atoms with Crippen LogP contribution in [0.1, 0.15) is 5.69 Å². The van der Waals surface area contributed by atoms with E-state index in [1.165, 1.54) is 11.4 Å². The lowest BCUT2D eigenvalue weighted by Gasteiger charge is -2.26. The molecule has 0 unspecified atom stereocenters. The lowest BCUT2D eigenvalue weighted by atomic mass is 10.3. The summed E-state index contributed by atoms with van der Waals surface area (Å²) in [4.78, 5) is 4.32. The molecule has 0 atom stereocenters. The van der Waals surface area contributed by atoms with E-state index in [1.807, 2.05) is 12.3 Å². The van der Waals surface area contributed by atoms with Crippen LogP contribution in [-0.2, 0) is 6.42 Å². The quantitative estimate of drug-likeness (QED) is 0.613. The Morgan fingerprint density at radius 1 is 1.50 bits per heavy atom. The van der Waals surface area contributed by atoms with Crippen LogP contribution in [0.25, 0.3) is 0 Å². The SMILES string of the molecule is CN(C)N1CCc2ncccc21. The third-order valence-electron chi connectivity index (χ3n) is 2.19. The number of hydrogen-bond acceptors (Lipinski definition) is 3. The third kappa shape index (κ3) is 1.06. The molecule has 0 N–H and O–H groups in total. The van der Waals surface area contributed by atoms with Gasteiger partial charge in [-0.25, -0.2) is 5.01 Å². The second-order valence-electron chi connectivity index (χ2n) is 3.19. The van der Waals surface area contributed by atoms with E-state index < -0.39 is 0 Å². The van der Waals surface area contributed by atoms with Gasteiger partial charge in [0.15, 0.2) is 0 Å². The highest BCUT2D eigenvalue weighted by atomic mass is 15.6. The molecule has 2 heterocycles. The van der Waals surface area contributed by atoms with Crippen molar-refractivity contribution in [1.29, 1.82) is 0 Å². The number of fused-ring (bicyclic) bond motifs is 1. The van der Waals surface area contributed by atoms with Crippen LogP contribution < -0.4 is 5.01 Å². The molecule has 3 nitrogen and oxygen atoms in total. The Morgan fingerprint density at radius 2 is 2.33 bits per heavy atom. The predicted molar refractivity (Wildman–Crippen MR) is 49.0 cm³/mol. The van der Waals surface area contributed by atoms with E-state index in [9.17, 15) is 0 Å². The van der Waals surface area contributed by atoms with Crippen LogP contribution in [0, 0.1) is 0 Å². The number of hydrazine groups is 1. The molecule has 1 aromatic heterocycles. The first-order chi connectivity index (χ1) is 5.79. The number of anilines is 1. The Morgan fingerprint density at radius 3 is 3.08 bits per heavy atom. The number of nitrogens with zero attached hydrogens (tertiary/aromatic N) is 3. The van der Waals surface area contributed by atoms with Gasteiger partial charge in [0.05, 0.1) is 11.4 Å². The molecule has 3 heteroatoms. The van der Waals surface area contributed by atoms with Crippen molar-refractivity contribution in [2.24, 2.45) is 0 Å². The molecule has 2 rings (SSSR count). The van der Waals surface area contributed by atoms with Crippen LogP contribution in [-0.4, -0.2) is 30.6 Å². The summed E-state index contributed by atoms with van der Waals surface area (Å²) in [7, 11) is 4.12. The fourth-order valence-electron chi connectivity index (χ4n) is 1.60. The Bertz CT molecular complexity index is 283. The Balaban J connectivity index is 2.36. The van der Waals surface area contributed by atoms with Gasteiger partial charge < -0.3 is 5.01 Å². The van der Waals surface area contributed by atoms with Crippen molar-refractivity contribution < 1.29 is 0 Å². The summed E-state index contributed by atoms with van der Waals surface area (Å²) < 4.78 is 0. The first kappa shape index (κ1) is 7.55. The minimum Gasteiger partial charge on any atom is -0.304 e. The van der Waals surface area contributed by atoms with E-state index in [4.69, 9.17) is 0 Å². The van der Waals surface area contributed by atoms with Crippen LogP contribution in [0.15, 0.2) is 18.3 Å². The summed E-state index contributed by atoms with van der Waals surface area (Å²) in [6, 6.07) is 4.11. The van der Waals surface area contributed by atoms with Crippen LogP contribution in [0.3, 0.4) is 0 Å². The third-order valence-corrected chi connectivity index (χ3v) is 2.19. The highest BCUT2D eigenvalue weighted by Gasteiger charge is 2.20. The molecule has 0 fully saturated rings. The number of aromatic nitrogens is 1. The lowest BCUT2D eigenvalue weighted by Crippen LogP contribution is -2.35. The molecule has 0 aromatic carbocycles. The molecule has 64 valence electrons. The molecular formula is C9H13N3. The molecule has 12 heavy (non-hydrogen) atoms. The van der Waals surface area contributed by atoms with Gasteiger partial charge in [0.1, 0.15) is 0 Å². The maximum Gasteiger partial charge on any atom is 0.0738 e. The highest BCUT2D eigenvalue weighted by molar-refractivity contribution is 5.53. The van der Waals surface area contributed by atoms with E-state index in [-0.39, 0.29) is 0 Å². The van der Waals surface area contributed by atoms with E-state index in [1.54, 1.807) is 0 Å². The zero-order valence-electron chi connectivity index (χ0n) is 7.49. The average Bonchev–Trinajstić information content (AvgIpc) is 2.47. The largest absolute Gasteiger partial charge is 0.304 e. The fourth-order valence-corrected chi connectivity index (χ4v) is 1.60. The zero-order valence-corrected chi connectivity index (χ0v) is 7.49. The molecule has 0 radical (unpaired) electrons. The topological polar surface area (TPSA) is 19.4 Å². The van der Waals surface area contributed by atoms with E-state index in [2.05, 4.69) is 35.2 Å².